The molecule has 30 heavy (non-hydrogen) atoms. The Morgan fingerprint density at radius 2 is 1.87 bits per heavy atom. The van der Waals surface area contributed by atoms with E-state index >= 15 is 0 Å². The van der Waals surface area contributed by atoms with Crippen LogP contribution in [-0.2, 0) is 16.0 Å². The summed E-state index contributed by atoms with van der Waals surface area (Å²) in [5, 5.41) is 4.29. The Bertz CT molecular complexity index is 618. The molecule has 0 amide bonds. The molecule has 2 heterocycles. The summed E-state index contributed by atoms with van der Waals surface area (Å²) < 4.78 is 11.2. The van der Waals surface area contributed by atoms with Gasteiger partial charge in [0.15, 0.2) is 5.96 Å². The number of piperazine rings is 1. The van der Waals surface area contributed by atoms with Crippen molar-refractivity contribution in [1.29, 1.82) is 0 Å². The fraction of sp³-hybridized carbons (Fsp3) is 0.682. The molecular formula is C22H36ClIN4O2. The molecule has 0 unspecified atom stereocenters. The lowest BCUT2D eigenvalue weighted by atomic mass is 10.0. The zero-order valence-electron chi connectivity index (χ0n) is 18.0. The lowest BCUT2D eigenvalue weighted by Gasteiger charge is -2.36. The molecule has 1 aromatic carbocycles. The van der Waals surface area contributed by atoms with Crippen LogP contribution in [0.3, 0.4) is 0 Å². The number of hydrogen-bond acceptors (Lipinski definition) is 4. The zero-order valence-corrected chi connectivity index (χ0v) is 21.1. The van der Waals surface area contributed by atoms with Gasteiger partial charge in [0.1, 0.15) is 0 Å². The largest absolute Gasteiger partial charge is 0.381 e. The van der Waals surface area contributed by atoms with E-state index in [2.05, 4.69) is 32.2 Å². The summed E-state index contributed by atoms with van der Waals surface area (Å²) in [4.78, 5) is 9.30. The Balaban J connectivity index is 0.00000320. The van der Waals surface area contributed by atoms with E-state index < -0.39 is 0 Å². The van der Waals surface area contributed by atoms with E-state index in [9.17, 15) is 0 Å². The van der Waals surface area contributed by atoms with Gasteiger partial charge in [0, 0.05) is 77.8 Å². The van der Waals surface area contributed by atoms with Crippen molar-refractivity contribution in [3.05, 3.63) is 34.9 Å². The average molecular weight is 551 g/mol. The second-order valence-corrected chi connectivity index (χ2v) is 8.28. The summed E-state index contributed by atoms with van der Waals surface area (Å²) in [6.45, 7) is 9.38. The van der Waals surface area contributed by atoms with Crippen LogP contribution in [-0.4, -0.2) is 82.0 Å². The summed E-state index contributed by atoms with van der Waals surface area (Å²) in [6.07, 6.45) is 3.27. The van der Waals surface area contributed by atoms with E-state index in [0.29, 0.717) is 5.92 Å². The SMILES string of the molecule is CN=C(NCCCOCC1CCOCC1)N1CCN(Cc2ccc(Cl)cc2)CC1.I. The smallest absolute Gasteiger partial charge is 0.193 e. The number of rotatable bonds is 8. The molecule has 8 heteroatoms. The third-order valence-electron chi connectivity index (χ3n) is 5.65. The molecular weight excluding hydrogens is 515 g/mol. The average Bonchev–Trinajstić information content (AvgIpc) is 2.76. The minimum Gasteiger partial charge on any atom is -0.381 e. The molecule has 2 fully saturated rings. The molecule has 1 aromatic rings. The minimum absolute atomic E-state index is 0. The molecule has 2 aliphatic heterocycles. The van der Waals surface area contributed by atoms with E-state index in [1.54, 1.807) is 0 Å². The van der Waals surface area contributed by atoms with Gasteiger partial charge >= 0.3 is 0 Å². The first-order valence-corrected chi connectivity index (χ1v) is 11.2. The molecule has 0 aliphatic carbocycles. The van der Waals surface area contributed by atoms with Gasteiger partial charge in [-0.2, -0.15) is 0 Å². The maximum Gasteiger partial charge on any atom is 0.193 e. The molecule has 0 spiro atoms. The standard InChI is InChI=1S/C22H35ClN4O2.HI/c1-24-22(25-9-2-14-29-18-20-7-15-28-16-8-20)27-12-10-26(11-13-27)17-19-3-5-21(23)6-4-19;/h3-6,20H,2,7-18H2,1H3,(H,24,25);1H. The van der Waals surface area contributed by atoms with E-state index in [1.807, 2.05) is 19.2 Å². The summed E-state index contributed by atoms with van der Waals surface area (Å²) in [5.41, 5.74) is 1.31. The van der Waals surface area contributed by atoms with Gasteiger partial charge in [-0.3, -0.25) is 9.89 Å². The number of benzene rings is 1. The van der Waals surface area contributed by atoms with E-state index in [4.69, 9.17) is 21.1 Å². The second kappa shape index (κ2) is 14.5. The molecule has 1 N–H and O–H groups in total. The van der Waals surface area contributed by atoms with Gasteiger partial charge in [-0.05, 0) is 42.9 Å². The van der Waals surface area contributed by atoms with Crippen LogP contribution in [0.2, 0.25) is 5.02 Å². The Morgan fingerprint density at radius 1 is 1.17 bits per heavy atom. The molecule has 170 valence electrons. The number of aliphatic imine (C=N–C) groups is 1. The van der Waals surface area contributed by atoms with Crippen LogP contribution in [0, 0.1) is 5.92 Å². The monoisotopic (exact) mass is 550 g/mol. The molecule has 0 aromatic heterocycles. The lowest BCUT2D eigenvalue weighted by Crippen LogP contribution is -2.52. The van der Waals surface area contributed by atoms with E-state index in [0.717, 1.165) is 95.9 Å². The molecule has 2 aliphatic rings. The number of nitrogens with zero attached hydrogens (tertiary/aromatic N) is 3. The third kappa shape index (κ3) is 8.86. The van der Waals surface area contributed by atoms with Crippen molar-refractivity contribution in [2.45, 2.75) is 25.8 Å². The highest BCUT2D eigenvalue weighted by atomic mass is 127. The van der Waals surface area contributed by atoms with Crippen LogP contribution >= 0.6 is 35.6 Å². The predicted octanol–water partition coefficient (Wildman–Crippen LogP) is 3.48. The minimum atomic E-state index is 0. The quantitative estimate of drug-likeness (QED) is 0.232. The van der Waals surface area contributed by atoms with Crippen molar-refractivity contribution in [3.63, 3.8) is 0 Å². The number of halogens is 2. The van der Waals surface area contributed by atoms with Gasteiger partial charge in [-0.15, -0.1) is 24.0 Å². The molecule has 3 rings (SSSR count). The van der Waals surface area contributed by atoms with Crippen LogP contribution in [0.1, 0.15) is 24.8 Å². The lowest BCUT2D eigenvalue weighted by molar-refractivity contribution is 0.0203. The Hall–Kier alpha value is -0.610. The molecule has 0 atom stereocenters. The summed E-state index contributed by atoms with van der Waals surface area (Å²) >= 11 is 5.98. The van der Waals surface area contributed by atoms with Crippen molar-refractivity contribution < 1.29 is 9.47 Å². The van der Waals surface area contributed by atoms with Gasteiger partial charge in [-0.1, -0.05) is 23.7 Å². The molecule has 0 bridgehead atoms. The van der Waals surface area contributed by atoms with Crippen LogP contribution in [0.25, 0.3) is 0 Å². The molecule has 0 radical (unpaired) electrons. The van der Waals surface area contributed by atoms with E-state index in [1.165, 1.54) is 5.56 Å². The van der Waals surface area contributed by atoms with Gasteiger partial charge in [0.05, 0.1) is 0 Å². The highest BCUT2D eigenvalue weighted by molar-refractivity contribution is 14.0. The molecule has 6 nitrogen and oxygen atoms in total. The van der Waals surface area contributed by atoms with Gasteiger partial charge < -0.3 is 19.7 Å². The summed E-state index contributed by atoms with van der Waals surface area (Å²) in [7, 11) is 1.87. The fourth-order valence-electron chi connectivity index (χ4n) is 3.84. The third-order valence-corrected chi connectivity index (χ3v) is 5.90. The number of nitrogens with one attached hydrogen (secondary N) is 1. The maximum atomic E-state index is 5.98. The number of guanidine groups is 1. The van der Waals surface area contributed by atoms with Crippen molar-refractivity contribution in [2.75, 3.05) is 66.2 Å². The summed E-state index contributed by atoms with van der Waals surface area (Å²) in [5.74, 6) is 1.68. The zero-order chi connectivity index (χ0) is 20.3. The Labute approximate surface area is 203 Å². The van der Waals surface area contributed by atoms with Gasteiger partial charge in [-0.25, -0.2) is 0 Å². The number of ether oxygens (including phenoxy) is 2. The van der Waals surface area contributed by atoms with Crippen LogP contribution in [0.15, 0.2) is 29.3 Å². The van der Waals surface area contributed by atoms with E-state index in [-0.39, 0.29) is 24.0 Å². The first-order chi connectivity index (χ1) is 14.2. The molecule has 2 saturated heterocycles. The van der Waals surface area contributed by atoms with Crippen molar-refractivity contribution >= 4 is 41.5 Å². The van der Waals surface area contributed by atoms with Crippen molar-refractivity contribution in [3.8, 4) is 0 Å². The van der Waals surface area contributed by atoms with Crippen molar-refractivity contribution in [1.82, 2.24) is 15.1 Å². The van der Waals surface area contributed by atoms with Crippen molar-refractivity contribution in [2.24, 2.45) is 10.9 Å². The highest BCUT2D eigenvalue weighted by Gasteiger charge is 2.19. The topological polar surface area (TPSA) is 49.3 Å². The Kier molecular flexibility index (Phi) is 12.4. The second-order valence-electron chi connectivity index (χ2n) is 7.85. The first kappa shape index (κ1) is 25.6. The fourth-order valence-corrected chi connectivity index (χ4v) is 3.96. The normalized spacial score (nSPS) is 18.9. The first-order valence-electron chi connectivity index (χ1n) is 10.8. The predicted molar refractivity (Wildman–Crippen MR) is 134 cm³/mol. The van der Waals surface area contributed by atoms with Gasteiger partial charge in [0.25, 0.3) is 0 Å². The Morgan fingerprint density at radius 3 is 2.53 bits per heavy atom. The highest BCUT2D eigenvalue weighted by Crippen LogP contribution is 2.15. The van der Waals surface area contributed by atoms with Crippen LogP contribution in [0.4, 0.5) is 0 Å². The molecule has 0 saturated carbocycles. The van der Waals surface area contributed by atoms with Crippen LogP contribution in [0.5, 0.6) is 0 Å². The van der Waals surface area contributed by atoms with Gasteiger partial charge in [0.2, 0.25) is 0 Å². The van der Waals surface area contributed by atoms with Crippen LogP contribution < -0.4 is 5.32 Å². The maximum absolute atomic E-state index is 5.98. The summed E-state index contributed by atoms with van der Waals surface area (Å²) in [6, 6.07) is 8.15. The number of hydrogen-bond donors (Lipinski definition) is 1.